The van der Waals surface area contributed by atoms with E-state index in [4.69, 9.17) is 0 Å². The predicted molar refractivity (Wildman–Crippen MR) is 87.6 cm³/mol. The molecule has 1 aliphatic rings. The molecular formula is C17H23N5O. The summed E-state index contributed by atoms with van der Waals surface area (Å²) in [6.45, 7) is 7.47. The lowest BCUT2D eigenvalue weighted by Crippen LogP contribution is -2.43. The molecule has 2 aromatic heterocycles. The van der Waals surface area contributed by atoms with Crippen molar-refractivity contribution in [3.8, 4) is 11.4 Å². The van der Waals surface area contributed by atoms with Crippen LogP contribution in [-0.2, 0) is 4.79 Å². The van der Waals surface area contributed by atoms with Gasteiger partial charge in [0.2, 0.25) is 5.91 Å². The molecule has 0 saturated carbocycles. The van der Waals surface area contributed by atoms with Crippen molar-refractivity contribution in [2.24, 2.45) is 5.41 Å². The Kier molecular flexibility index (Phi) is 4.15. The van der Waals surface area contributed by atoms with Crippen LogP contribution in [0.3, 0.4) is 0 Å². The molecule has 0 spiro atoms. The molecule has 0 aliphatic carbocycles. The number of piperidine rings is 1. The molecule has 2 aromatic rings. The SMILES string of the molecule is CC(C)(C)C(=O)N1CCC(c2nccnc2-c2ccn[nH]2)CC1. The molecule has 1 saturated heterocycles. The fraction of sp³-hybridized carbons (Fsp3) is 0.529. The molecule has 1 fully saturated rings. The number of aromatic amines is 1. The maximum absolute atomic E-state index is 12.4. The molecule has 3 heterocycles. The third-order valence-electron chi connectivity index (χ3n) is 4.29. The zero-order chi connectivity index (χ0) is 16.4. The van der Waals surface area contributed by atoms with Gasteiger partial charge in [0.05, 0.1) is 11.4 Å². The number of hydrogen-bond donors (Lipinski definition) is 1. The zero-order valence-electron chi connectivity index (χ0n) is 13.9. The van der Waals surface area contributed by atoms with Gasteiger partial charge in [0.25, 0.3) is 0 Å². The molecule has 122 valence electrons. The van der Waals surface area contributed by atoms with Crippen molar-refractivity contribution < 1.29 is 4.79 Å². The summed E-state index contributed by atoms with van der Waals surface area (Å²) in [7, 11) is 0. The highest BCUT2D eigenvalue weighted by Gasteiger charge is 2.32. The standard InChI is InChI=1S/C17H23N5O/c1-17(2,3)16(23)22-10-5-12(6-11-22)14-15(19-9-8-18-14)13-4-7-20-21-13/h4,7-9,12H,5-6,10-11H2,1-3H3,(H,20,21). The molecule has 0 aromatic carbocycles. The summed E-state index contributed by atoms with van der Waals surface area (Å²) in [5, 5.41) is 6.96. The molecule has 0 unspecified atom stereocenters. The quantitative estimate of drug-likeness (QED) is 0.925. The second-order valence-corrected chi connectivity index (χ2v) is 7.08. The van der Waals surface area contributed by atoms with Gasteiger partial charge in [0.15, 0.2) is 0 Å². The summed E-state index contributed by atoms with van der Waals surface area (Å²) >= 11 is 0. The number of rotatable bonds is 2. The Bertz CT molecular complexity index is 667. The van der Waals surface area contributed by atoms with E-state index in [9.17, 15) is 4.79 Å². The fourth-order valence-electron chi connectivity index (χ4n) is 3.07. The first-order valence-corrected chi connectivity index (χ1v) is 8.07. The van der Waals surface area contributed by atoms with Crippen LogP contribution >= 0.6 is 0 Å². The topological polar surface area (TPSA) is 74.8 Å². The van der Waals surface area contributed by atoms with E-state index < -0.39 is 0 Å². The minimum absolute atomic E-state index is 0.226. The van der Waals surface area contributed by atoms with Crippen LogP contribution in [0.4, 0.5) is 0 Å². The van der Waals surface area contributed by atoms with Crippen molar-refractivity contribution in [3.05, 3.63) is 30.4 Å². The van der Waals surface area contributed by atoms with E-state index in [1.54, 1.807) is 18.6 Å². The number of nitrogens with one attached hydrogen (secondary N) is 1. The van der Waals surface area contributed by atoms with E-state index in [0.29, 0.717) is 5.92 Å². The van der Waals surface area contributed by atoms with Crippen LogP contribution in [0.25, 0.3) is 11.4 Å². The van der Waals surface area contributed by atoms with Gasteiger partial charge in [0.1, 0.15) is 5.69 Å². The minimum Gasteiger partial charge on any atom is -0.342 e. The van der Waals surface area contributed by atoms with Gasteiger partial charge in [0, 0.05) is 43.0 Å². The number of carbonyl (C=O) groups excluding carboxylic acids is 1. The zero-order valence-corrected chi connectivity index (χ0v) is 13.9. The molecule has 6 heteroatoms. The van der Waals surface area contributed by atoms with Crippen molar-refractivity contribution in [2.75, 3.05) is 13.1 Å². The first kappa shape index (κ1) is 15.6. The Balaban J connectivity index is 1.75. The maximum atomic E-state index is 12.4. The largest absolute Gasteiger partial charge is 0.342 e. The van der Waals surface area contributed by atoms with Crippen molar-refractivity contribution in [3.63, 3.8) is 0 Å². The maximum Gasteiger partial charge on any atom is 0.227 e. The monoisotopic (exact) mass is 313 g/mol. The number of hydrogen-bond acceptors (Lipinski definition) is 4. The first-order chi connectivity index (χ1) is 11.0. The Hall–Kier alpha value is -2.24. The summed E-state index contributed by atoms with van der Waals surface area (Å²) in [4.78, 5) is 23.4. The number of aromatic nitrogens is 4. The molecule has 1 amide bonds. The van der Waals surface area contributed by atoms with E-state index in [2.05, 4.69) is 20.2 Å². The average Bonchev–Trinajstić information content (AvgIpc) is 3.08. The first-order valence-electron chi connectivity index (χ1n) is 8.07. The van der Waals surface area contributed by atoms with E-state index >= 15 is 0 Å². The average molecular weight is 313 g/mol. The Morgan fingerprint density at radius 1 is 1.17 bits per heavy atom. The van der Waals surface area contributed by atoms with Gasteiger partial charge < -0.3 is 4.90 Å². The number of nitrogens with zero attached hydrogens (tertiary/aromatic N) is 4. The third-order valence-corrected chi connectivity index (χ3v) is 4.29. The van der Waals surface area contributed by atoms with Crippen LogP contribution in [0.1, 0.15) is 45.2 Å². The molecule has 1 aliphatic heterocycles. The van der Waals surface area contributed by atoms with E-state index in [1.165, 1.54) is 0 Å². The smallest absolute Gasteiger partial charge is 0.227 e. The predicted octanol–water partition coefficient (Wildman–Crippen LogP) is 2.62. The van der Waals surface area contributed by atoms with E-state index in [1.807, 2.05) is 31.7 Å². The number of carbonyl (C=O) groups is 1. The Morgan fingerprint density at radius 3 is 2.48 bits per heavy atom. The normalized spacial score (nSPS) is 16.6. The van der Waals surface area contributed by atoms with Gasteiger partial charge in [-0.3, -0.25) is 19.9 Å². The Morgan fingerprint density at radius 2 is 1.87 bits per heavy atom. The number of amides is 1. The molecule has 1 N–H and O–H groups in total. The van der Waals surface area contributed by atoms with Crippen molar-refractivity contribution in [2.45, 2.75) is 39.5 Å². The molecule has 23 heavy (non-hydrogen) atoms. The second kappa shape index (κ2) is 6.10. The molecular weight excluding hydrogens is 290 g/mol. The van der Waals surface area contributed by atoms with Crippen LogP contribution in [0, 0.1) is 5.41 Å². The lowest BCUT2D eigenvalue weighted by Gasteiger charge is -2.35. The molecule has 6 nitrogen and oxygen atoms in total. The van der Waals surface area contributed by atoms with E-state index in [0.717, 1.165) is 43.0 Å². The summed E-state index contributed by atoms with van der Waals surface area (Å²) < 4.78 is 0. The highest BCUT2D eigenvalue weighted by atomic mass is 16.2. The number of likely N-dealkylation sites (tertiary alicyclic amines) is 1. The lowest BCUT2D eigenvalue weighted by atomic mass is 9.88. The Labute approximate surface area is 136 Å². The van der Waals surface area contributed by atoms with Gasteiger partial charge in [-0.25, -0.2) is 0 Å². The summed E-state index contributed by atoms with van der Waals surface area (Å²) in [6, 6.07) is 1.91. The highest BCUT2D eigenvalue weighted by molar-refractivity contribution is 5.81. The van der Waals surface area contributed by atoms with Crippen LogP contribution < -0.4 is 0 Å². The van der Waals surface area contributed by atoms with Gasteiger partial charge in [-0.05, 0) is 18.9 Å². The summed E-state index contributed by atoms with van der Waals surface area (Å²) in [5.41, 5.74) is 2.44. The van der Waals surface area contributed by atoms with Crippen molar-refractivity contribution in [1.29, 1.82) is 0 Å². The third kappa shape index (κ3) is 3.25. The van der Waals surface area contributed by atoms with Gasteiger partial charge in [-0.15, -0.1) is 0 Å². The minimum atomic E-state index is -0.319. The van der Waals surface area contributed by atoms with Crippen molar-refractivity contribution >= 4 is 5.91 Å². The van der Waals surface area contributed by atoms with E-state index in [-0.39, 0.29) is 11.3 Å². The second-order valence-electron chi connectivity index (χ2n) is 7.08. The van der Waals surface area contributed by atoms with Crippen LogP contribution in [0.15, 0.2) is 24.7 Å². The molecule has 0 atom stereocenters. The summed E-state index contributed by atoms with van der Waals surface area (Å²) in [5.74, 6) is 0.551. The lowest BCUT2D eigenvalue weighted by molar-refractivity contribution is -0.140. The number of H-pyrrole nitrogens is 1. The van der Waals surface area contributed by atoms with Gasteiger partial charge >= 0.3 is 0 Å². The van der Waals surface area contributed by atoms with Crippen molar-refractivity contribution in [1.82, 2.24) is 25.1 Å². The fourth-order valence-corrected chi connectivity index (χ4v) is 3.07. The molecule has 0 bridgehead atoms. The van der Waals surface area contributed by atoms with Gasteiger partial charge in [-0.2, -0.15) is 5.10 Å². The molecule has 0 radical (unpaired) electrons. The molecule has 3 rings (SSSR count). The van der Waals surface area contributed by atoms with Crippen LogP contribution in [-0.4, -0.2) is 44.1 Å². The van der Waals surface area contributed by atoms with Gasteiger partial charge in [-0.1, -0.05) is 20.8 Å². The van der Waals surface area contributed by atoms with Crippen LogP contribution in [0.2, 0.25) is 0 Å². The van der Waals surface area contributed by atoms with Crippen LogP contribution in [0.5, 0.6) is 0 Å². The summed E-state index contributed by atoms with van der Waals surface area (Å²) in [6.07, 6.45) is 7.00. The highest BCUT2D eigenvalue weighted by Crippen LogP contribution is 2.33.